The van der Waals surface area contributed by atoms with Crippen molar-refractivity contribution in [3.63, 3.8) is 0 Å². The summed E-state index contributed by atoms with van der Waals surface area (Å²) in [6, 6.07) is 7.68. The first-order valence-corrected chi connectivity index (χ1v) is 6.50. The van der Waals surface area contributed by atoms with Gasteiger partial charge in [-0.25, -0.2) is 0 Å². The summed E-state index contributed by atoms with van der Waals surface area (Å²) in [6.45, 7) is 2.02. The van der Waals surface area contributed by atoms with Crippen LogP contribution < -0.4 is 5.73 Å². The van der Waals surface area contributed by atoms with Crippen molar-refractivity contribution in [3.8, 4) is 0 Å². The van der Waals surface area contributed by atoms with E-state index in [4.69, 9.17) is 10.5 Å². The van der Waals surface area contributed by atoms with E-state index < -0.39 is 5.54 Å². The Morgan fingerprint density at radius 1 is 1.53 bits per heavy atom. The summed E-state index contributed by atoms with van der Waals surface area (Å²) in [5.74, 6) is -0.0232. The Balaban J connectivity index is 1.94. The number of benzene rings is 1. The van der Waals surface area contributed by atoms with Gasteiger partial charge in [-0.15, -0.1) is 0 Å². The van der Waals surface area contributed by atoms with Gasteiger partial charge in [-0.05, 0) is 31.7 Å². The molecule has 2 N–H and O–H groups in total. The maximum atomic E-state index is 11.9. The van der Waals surface area contributed by atoms with Crippen LogP contribution in [0.2, 0.25) is 0 Å². The van der Waals surface area contributed by atoms with Crippen LogP contribution in [-0.4, -0.2) is 11.5 Å². The van der Waals surface area contributed by atoms with Gasteiger partial charge in [0.15, 0.2) is 0 Å². The molecule has 3 nitrogen and oxygen atoms in total. The second kappa shape index (κ2) is 4.78. The number of nitrogens with two attached hydrogens (primary N) is 1. The third kappa shape index (κ3) is 2.87. The Hall–Kier alpha value is -0.870. The van der Waals surface area contributed by atoms with E-state index in [2.05, 4.69) is 15.9 Å². The summed E-state index contributed by atoms with van der Waals surface area (Å²) in [7, 11) is 0. The third-order valence-corrected chi connectivity index (χ3v) is 3.96. The van der Waals surface area contributed by atoms with Gasteiger partial charge in [-0.1, -0.05) is 34.1 Å². The normalized spacial score (nSPS) is 18.5. The number of esters is 1. The van der Waals surface area contributed by atoms with Gasteiger partial charge in [0.1, 0.15) is 12.1 Å². The van der Waals surface area contributed by atoms with Crippen LogP contribution in [-0.2, 0) is 16.1 Å². The maximum Gasteiger partial charge on any atom is 0.326 e. The standard InChI is InChI=1S/C13H16BrNO2/c1-13(15,10-6-7-10)12(16)17-8-9-4-2-3-5-11(9)14/h2-5,10H,6-8,15H2,1H3. The molecule has 0 amide bonds. The number of hydrogen-bond donors (Lipinski definition) is 1. The smallest absolute Gasteiger partial charge is 0.326 e. The van der Waals surface area contributed by atoms with Crippen LogP contribution in [0, 0.1) is 5.92 Å². The Morgan fingerprint density at radius 3 is 2.76 bits per heavy atom. The molecule has 4 heteroatoms. The van der Waals surface area contributed by atoms with Crippen molar-refractivity contribution in [2.75, 3.05) is 0 Å². The van der Waals surface area contributed by atoms with Crippen molar-refractivity contribution in [1.29, 1.82) is 0 Å². The zero-order valence-electron chi connectivity index (χ0n) is 9.78. The van der Waals surface area contributed by atoms with Crippen LogP contribution in [0.15, 0.2) is 28.7 Å². The van der Waals surface area contributed by atoms with Gasteiger partial charge in [0.25, 0.3) is 0 Å². The number of halogens is 1. The number of rotatable bonds is 4. The van der Waals surface area contributed by atoms with E-state index >= 15 is 0 Å². The number of carbonyl (C=O) groups is 1. The minimum atomic E-state index is -0.832. The molecule has 1 aromatic carbocycles. The quantitative estimate of drug-likeness (QED) is 0.869. The van der Waals surface area contributed by atoms with E-state index in [0.29, 0.717) is 0 Å². The largest absolute Gasteiger partial charge is 0.459 e. The minimum absolute atomic E-state index is 0.264. The monoisotopic (exact) mass is 297 g/mol. The number of carbonyl (C=O) groups excluding carboxylic acids is 1. The zero-order valence-corrected chi connectivity index (χ0v) is 11.4. The summed E-state index contributed by atoms with van der Waals surface area (Å²) in [6.07, 6.45) is 2.05. The van der Waals surface area contributed by atoms with E-state index in [-0.39, 0.29) is 18.5 Å². The van der Waals surface area contributed by atoms with Crippen LogP contribution in [0.4, 0.5) is 0 Å². The Kier molecular flexibility index (Phi) is 3.54. The highest BCUT2D eigenvalue weighted by molar-refractivity contribution is 9.10. The SMILES string of the molecule is CC(N)(C(=O)OCc1ccccc1Br)C1CC1. The van der Waals surface area contributed by atoms with Gasteiger partial charge in [-0.2, -0.15) is 0 Å². The summed E-state index contributed by atoms with van der Waals surface area (Å²) in [5.41, 5.74) is 6.10. The predicted molar refractivity (Wildman–Crippen MR) is 69.3 cm³/mol. The lowest BCUT2D eigenvalue weighted by atomic mass is 9.98. The summed E-state index contributed by atoms with van der Waals surface area (Å²) < 4.78 is 6.22. The molecule has 1 saturated carbocycles. The van der Waals surface area contributed by atoms with Crippen molar-refractivity contribution in [1.82, 2.24) is 0 Å². The van der Waals surface area contributed by atoms with E-state index in [1.54, 1.807) is 6.92 Å². The molecule has 92 valence electrons. The molecule has 0 aromatic heterocycles. The molecule has 0 saturated heterocycles. The lowest BCUT2D eigenvalue weighted by molar-refractivity contribution is -0.151. The molecule has 1 fully saturated rings. The first-order chi connectivity index (χ1) is 8.01. The molecule has 1 aliphatic rings. The summed E-state index contributed by atoms with van der Waals surface area (Å²) in [4.78, 5) is 11.9. The molecule has 0 radical (unpaired) electrons. The molecular formula is C13H16BrNO2. The first-order valence-electron chi connectivity index (χ1n) is 5.71. The van der Waals surface area contributed by atoms with Gasteiger partial charge < -0.3 is 10.5 Å². The van der Waals surface area contributed by atoms with Gasteiger partial charge in [0, 0.05) is 10.0 Å². The minimum Gasteiger partial charge on any atom is -0.459 e. The number of hydrogen-bond acceptors (Lipinski definition) is 3. The molecule has 2 rings (SSSR count). The topological polar surface area (TPSA) is 52.3 Å². The van der Waals surface area contributed by atoms with Crippen molar-refractivity contribution in [2.45, 2.75) is 31.9 Å². The first kappa shape index (κ1) is 12.6. The van der Waals surface area contributed by atoms with Crippen LogP contribution in [0.1, 0.15) is 25.3 Å². The van der Waals surface area contributed by atoms with Crippen molar-refractivity contribution >= 4 is 21.9 Å². The molecule has 1 aliphatic carbocycles. The fourth-order valence-electron chi connectivity index (χ4n) is 1.76. The molecular weight excluding hydrogens is 282 g/mol. The second-order valence-electron chi connectivity index (χ2n) is 4.72. The lowest BCUT2D eigenvalue weighted by Gasteiger charge is -2.22. The molecule has 1 atom stereocenters. The average Bonchev–Trinajstić information content (AvgIpc) is 3.11. The summed E-state index contributed by atoms with van der Waals surface area (Å²) >= 11 is 3.42. The molecule has 0 aliphatic heterocycles. The van der Waals surface area contributed by atoms with Crippen molar-refractivity contribution in [2.24, 2.45) is 11.7 Å². The summed E-state index contributed by atoms with van der Waals surface area (Å²) in [5, 5.41) is 0. The zero-order chi connectivity index (χ0) is 12.5. The molecule has 17 heavy (non-hydrogen) atoms. The lowest BCUT2D eigenvalue weighted by Crippen LogP contribution is -2.48. The molecule has 0 bridgehead atoms. The fourth-order valence-corrected chi connectivity index (χ4v) is 2.16. The van der Waals surface area contributed by atoms with Crippen LogP contribution in [0.3, 0.4) is 0 Å². The van der Waals surface area contributed by atoms with Crippen LogP contribution in [0.25, 0.3) is 0 Å². The maximum absolute atomic E-state index is 11.9. The van der Waals surface area contributed by atoms with E-state index in [9.17, 15) is 4.79 Å². The molecule has 1 unspecified atom stereocenters. The van der Waals surface area contributed by atoms with Gasteiger partial charge in [-0.3, -0.25) is 4.79 Å². The van der Waals surface area contributed by atoms with E-state index in [1.807, 2.05) is 24.3 Å². The highest BCUT2D eigenvalue weighted by Crippen LogP contribution is 2.38. The van der Waals surface area contributed by atoms with Gasteiger partial charge >= 0.3 is 5.97 Å². The molecule has 0 spiro atoms. The van der Waals surface area contributed by atoms with Crippen LogP contribution >= 0.6 is 15.9 Å². The molecule has 0 heterocycles. The molecule has 1 aromatic rings. The predicted octanol–water partition coefficient (Wildman–Crippen LogP) is 2.62. The van der Waals surface area contributed by atoms with Crippen molar-refractivity contribution < 1.29 is 9.53 Å². The fraction of sp³-hybridized carbons (Fsp3) is 0.462. The second-order valence-corrected chi connectivity index (χ2v) is 5.58. The Labute approximate surface area is 109 Å². The highest BCUT2D eigenvalue weighted by atomic mass is 79.9. The Morgan fingerprint density at radius 2 is 2.18 bits per heavy atom. The highest BCUT2D eigenvalue weighted by Gasteiger charge is 2.45. The average molecular weight is 298 g/mol. The third-order valence-electron chi connectivity index (χ3n) is 3.18. The van der Waals surface area contributed by atoms with E-state index in [0.717, 1.165) is 22.9 Å². The Bertz CT molecular complexity index is 427. The van der Waals surface area contributed by atoms with Crippen molar-refractivity contribution in [3.05, 3.63) is 34.3 Å². The van der Waals surface area contributed by atoms with Gasteiger partial charge in [0.2, 0.25) is 0 Å². The van der Waals surface area contributed by atoms with Crippen LogP contribution in [0.5, 0.6) is 0 Å². The van der Waals surface area contributed by atoms with E-state index in [1.165, 1.54) is 0 Å². The number of ether oxygens (including phenoxy) is 1. The van der Waals surface area contributed by atoms with Gasteiger partial charge in [0.05, 0.1) is 0 Å².